The minimum Gasteiger partial charge on any atom is -0.481 e. The van der Waals surface area contributed by atoms with Crippen molar-refractivity contribution in [1.82, 2.24) is 4.98 Å². The van der Waals surface area contributed by atoms with Crippen molar-refractivity contribution in [2.24, 2.45) is 5.73 Å². The highest BCUT2D eigenvalue weighted by Gasteiger charge is 2.26. The van der Waals surface area contributed by atoms with E-state index in [9.17, 15) is 5.11 Å². The summed E-state index contributed by atoms with van der Waals surface area (Å²) in [6.45, 7) is 1.69. The highest BCUT2D eigenvalue weighted by Crippen LogP contribution is 2.28. The molecular formula is C9H13ClN2O2. The van der Waals surface area contributed by atoms with E-state index in [1.807, 2.05) is 0 Å². The standard InChI is InChI=1S/C9H13ClN2O2/c1-9(13,5-11)6-3-4-7(10)12-8(6)14-2/h3-4,13H,5,11H2,1-2H3. The van der Waals surface area contributed by atoms with E-state index in [4.69, 9.17) is 22.1 Å². The van der Waals surface area contributed by atoms with Crippen LogP contribution >= 0.6 is 11.6 Å². The van der Waals surface area contributed by atoms with E-state index in [-0.39, 0.29) is 6.54 Å². The summed E-state index contributed by atoms with van der Waals surface area (Å²) in [5.74, 6) is 0.299. The molecule has 4 nitrogen and oxygen atoms in total. The van der Waals surface area contributed by atoms with Crippen LogP contribution in [-0.2, 0) is 5.60 Å². The van der Waals surface area contributed by atoms with Gasteiger partial charge in [0.05, 0.1) is 7.11 Å². The van der Waals surface area contributed by atoms with Crippen LogP contribution in [0.15, 0.2) is 12.1 Å². The van der Waals surface area contributed by atoms with E-state index in [2.05, 4.69) is 4.98 Å². The summed E-state index contributed by atoms with van der Waals surface area (Å²) < 4.78 is 5.00. The van der Waals surface area contributed by atoms with E-state index in [0.717, 1.165) is 0 Å². The lowest BCUT2D eigenvalue weighted by atomic mass is 9.97. The van der Waals surface area contributed by atoms with Crippen molar-refractivity contribution in [2.45, 2.75) is 12.5 Å². The molecule has 0 aromatic carbocycles. The number of hydrogen-bond donors (Lipinski definition) is 2. The summed E-state index contributed by atoms with van der Waals surface area (Å²) in [5.41, 5.74) is 4.82. The van der Waals surface area contributed by atoms with Crippen molar-refractivity contribution < 1.29 is 9.84 Å². The van der Waals surface area contributed by atoms with Crippen molar-refractivity contribution in [3.8, 4) is 5.88 Å². The lowest BCUT2D eigenvalue weighted by Crippen LogP contribution is -2.31. The van der Waals surface area contributed by atoms with Crippen molar-refractivity contribution in [3.05, 3.63) is 22.8 Å². The molecule has 1 rings (SSSR count). The zero-order valence-electron chi connectivity index (χ0n) is 8.12. The summed E-state index contributed by atoms with van der Waals surface area (Å²) in [6.07, 6.45) is 0. The smallest absolute Gasteiger partial charge is 0.220 e. The van der Waals surface area contributed by atoms with Gasteiger partial charge in [0.25, 0.3) is 0 Å². The number of halogens is 1. The molecule has 0 aliphatic rings. The fourth-order valence-electron chi connectivity index (χ4n) is 1.09. The molecule has 1 aromatic rings. The number of methoxy groups -OCH3 is 1. The fourth-order valence-corrected chi connectivity index (χ4v) is 1.23. The second kappa shape index (κ2) is 4.13. The summed E-state index contributed by atoms with van der Waals surface area (Å²) in [4.78, 5) is 3.93. The van der Waals surface area contributed by atoms with Gasteiger partial charge in [-0.1, -0.05) is 11.6 Å². The van der Waals surface area contributed by atoms with Crippen LogP contribution in [0.5, 0.6) is 5.88 Å². The predicted octanol–water partition coefficient (Wildman–Crippen LogP) is 0.910. The summed E-state index contributed by atoms with van der Waals surface area (Å²) >= 11 is 5.68. The van der Waals surface area contributed by atoms with Gasteiger partial charge in [-0.15, -0.1) is 0 Å². The Morgan fingerprint density at radius 1 is 1.64 bits per heavy atom. The van der Waals surface area contributed by atoms with E-state index < -0.39 is 5.60 Å². The van der Waals surface area contributed by atoms with Crippen molar-refractivity contribution >= 4 is 11.6 Å². The second-order valence-corrected chi connectivity index (χ2v) is 3.56. The number of aromatic nitrogens is 1. The molecule has 3 N–H and O–H groups in total. The van der Waals surface area contributed by atoms with Gasteiger partial charge < -0.3 is 15.6 Å². The maximum atomic E-state index is 9.91. The lowest BCUT2D eigenvalue weighted by Gasteiger charge is -2.22. The molecule has 5 heteroatoms. The molecule has 1 atom stereocenters. The van der Waals surface area contributed by atoms with E-state index in [1.165, 1.54) is 7.11 Å². The Morgan fingerprint density at radius 2 is 2.29 bits per heavy atom. The molecule has 0 bridgehead atoms. The molecule has 1 aromatic heterocycles. The molecule has 0 aliphatic heterocycles. The minimum absolute atomic E-state index is 0.0900. The van der Waals surface area contributed by atoms with Crippen LogP contribution in [-0.4, -0.2) is 23.7 Å². The largest absolute Gasteiger partial charge is 0.481 e. The molecule has 14 heavy (non-hydrogen) atoms. The number of hydrogen-bond acceptors (Lipinski definition) is 4. The zero-order valence-corrected chi connectivity index (χ0v) is 8.88. The van der Waals surface area contributed by atoms with Crippen molar-refractivity contribution in [1.29, 1.82) is 0 Å². The average molecular weight is 217 g/mol. The molecule has 1 heterocycles. The Morgan fingerprint density at radius 3 is 2.79 bits per heavy atom. The Labute approximate surface area is 87.7 Å². The summed E-state index contributed by atoms with van der Waals surface area (Å²) in [6, 6.07) is 3.24. The third-order valence-electron chi connectivity index (χ3n) is 2.00. The maximum absolute atomic E-state index is 9.91. The molecule has 0 saturated carbocycles. The number of nitrogens with zero attached hydrogens (tertiary/aromatic N) is 1. The third kappa shape index (κ3) is 2.15. The van der Waals surface area contributed by atoms with Gasteiger partial charge in [0.1, 0.15) is 10.8 Å². The summed E-state index contributed by atoms with van der Waals surface area (Å²) in [7, 11) is 1.47. The first-order valence-corrected chi connectivity index (χ1v) is 4.52. The van der Waals surface area contributed by atoms with Gasteiger partial charge in [-0.2, -0.15) is 0 Å². The maximum Gasteiger partial charge on any atom is 0.220 e. The molecule has 0 radical (unpaired) electrons. The summed E-state index contributed by atoms with van der Waals surface area (Å²) in [5, 5.41) is 10.2. The van der Waals surface area contributed by atoms with Crippen LogP contribution in [0.4, 0.5) is 0 Å². The number of rotatable bonds is 3. The number of nitrogens with two attached hydrogens (primary N) is 1. The Bertz CT molecular complexity index is 329. The van der Waals surface area contributed by atoms with Crippen LogP contribution in [0.1, 0.15) is 12.5 Å². The molecule has 78 valence electrons. The van der Waals surface area contributed by atoms with E-state index >= 15 is 0 Å². The van der Waals surface area contributed by atoms with Crippen LogP contribution in [0.25, 0.3) is 0 Å². The Hall–Kier alpha value is -0.840. The van der Waals surface area contributed by atoms with E-state index in [1.54, 1.807) is 19.1 Å². The fraction of sp³-hybridized carbons (Fsp3) is 0.444. The Kier molecular flexibility index (Phi) is 3.31. The third-order valence-corrected chi connectivity index (χ3v) is 2.21. The van der Waals surface area contributed by atoms with Crippen LogP contribution in [0.3, 0.4) is 0 Å². The van der Waals surface area contributed by atoms with Gasteiger partial charge in [0, 0.05) is 12.1 Å². The molecular weight excluding hydrogens is 204 g/mol. The van der Waals surface area contributed by atoms with Gasteiger partial charge in [-0.05, 0) is 19.1 Å². The van der Waals surface area contributed by atoms with Crippen LogP contribution < -0.4 is 10.5 Å². The number of pyridine rings is 1. The van der Waals surface area contributed by atoms with Crippen LogP contribution in [0, 0.1) is 0 Å². The topological polar surface area (TPSA) is 68.4 Å². The minimum atomic E-state index is -1.15. The average Bonchev–Trinajstić information content (AvgIpc) is 2.17. The molecule has 1 unspecified atom stereocenters. The molecule has 0 fully saturated rings. The first-order chi connectivity index (χ1) is 6.51. The highest BCUT2D eigenvalue weighted by atomic mass is 35.5. The molecule has 0 spiro atoms. The first kappa shape index (κ1) is 11.2. The normalized spacial score (nSPS) is 14.9. The Balaban J connectivity index is 3.20. The number of ether oxygens (including phenoxy) is 1. The van der Waals surface area contributed by atoms with Gasteiger partial charge >= 0.3 is 0 Å². The van der Waals surface area contributed by atoms with E-state index in [0.29, 0.717) is 16.6 Å². The first-order valence-electron chi connectivity index (χ1n) is 4.14. The molecule has 0 aliphatic carbocycles. The van der Waals surface area contributed by atoms with Crippen LogP contribution in [0.2, 0.25) is 5.15 Å². The quantitative estimate of drug-likeness (QED) is 0.737. The second-order valence-electron chi connectivity index (χ2n) is 3.17. The predicted molar refractivity (Wildman–Crippen MR) is 54.4 cm³/mol. The lowest BCUT2D eigenvalue weighted by molar-refractivity contribution is 0.0634. The SMILES string of the molecule is COc1nc(Cl)ccc1C(C)(O)CN. The molecule has 0 amide bonds. The zero-order chi connectivity index (χ0) is 10.8. The monoisotopic (exact) mass is 216 g/mol. The van der Waals surface area contributed by atoms with Crippen molar-refractivity contribution in [3.63, 3.8) is 0 Å². The van der Waals surface area contributed by atoms with Gasteiger partial charge in [0.15, 0.2) is 0 Å². The van der Waals surface area contributed by atoms with Gasteiger partial charge in [-0.25, -0.2) is 4.98 Å². The highest BCUT2D eigenvalue weighted by molar-refractivity contribution is 6.29. The number of aliphatic hydroxyl groups is 1. The van der Waals surface area contributed by atoms with Gasteiger partial charge in [0.2, 0.25) is 5.88 Å². The molecule has 0 saturated heterocycles. The van der Waals surface area contributed by atoms with Crippen molar-refractivity contribution in [2.75, 3.05) is 13.7 Å². The van der Waals surface area contributed by atoms with Gasteiger partial charge in [-0.3, -0.25) is 0 Å².